The van der Waals surface area contributed by atoms with Crippen molar-refractivity contribution < 1.29 is 9.90 Å². The Morgan fingerprint density at radius 2 is 2.22 bits per heavy atom. The minimum Gasteiger partial charge on any atom is -0.389 e. The number of nitrogens with zero attached hydrogens (tertiary/aromatic N) is 1. The van der Waals surface area contributed by atoms with E-state index in [4.69, 9.17) is 11.6 Å². The van der Waals surface area contributed by atoms with Crippen LogP contribution in [0.25, 0.3) is 0 Å². The van der Waals surface area contributed by atoms with Crippen LogP contribution in [-0.4, -0.2) is 31.2 Å². The monoisotopic (exact) mass is 270 g/mol. The number of rotatable bonds is 5. The van der Waals surface area contributed by atoms with E-state index in [1.54, 1.807) is 20.0 Å². The van der Waals surface area contributed by atoms with Gasteiger partial charge < -0.3 is 15.3 Å². The molecule has 0 saturated heterocycles. The summed E-state index contributed by atoms with van der Waals surface area (Å²) in [5, 5.41) is 12.6. The predicted molar refractivity (Wildman–Crippen MR) is 74.0 cm³/mol. The normalized spacial score (nSPS) is 12.1. The van der Waals surface area contributed by atoms with Gasteiger partial charge >= 0.3 is 0 Å². The van der Waals surface area contributed by atoms with Crippen LogP contribution in [0.1, 0.15) is 25.5 Å². The lowest BCUT2D eigenvalue weighted by Gasteiger charge is -2.23. The number of nitrogens with one attached hydrogen (secondary N) is 1. The van der Waals surface area contributed by atoms with Gasteiger partial charge in [0.2, 0.25) is 5.91 Å². The first kappa shape index (κ1) is 14.8. The first-order valence-corrected chi connectivity index (χ1v) is 6.30. The lowest BCUT2D eigenvalue weighted by Crippen LogP contribution is -2.35. The molecule has 2 N–H and O–H groups in total. The third-order valence-corrected chi connectivity index (χ3v) is 3.09. The molecule has 1 aromatic rings. The molecule has 0 aliphatic heterocycles. The van der Waals surface area contributed by atoms with Crippen LogP contribution in [0.15, 0.2) is 18.2 Å². The number of amides is 1. The summed E-state index contributed by atoms with van der Waals surface area (Å²) in [5.74, 6) is -0.0625. The van der Waals surface area contributed by atoms with Crippen molar-refractivity contribution in [3.8, 4) is 0 Å². The maximum Gasteiger partial charge on any atom is 0.239 e. The minimum atomic E-state index is -0.550. The maximum absolute atomic E-state index is 11.4. The molecule has 0 bridgehead atoms. The number of halogens is 1. The molecular formula is C13H19ClN2O2. The molecule has 0 fully saturated rings. The van der Waals surface area contributed by atoms with Gasteiger partial charge in [-0.1, -0.05) is 17.7 Å². The van der Waals surface area contributed by atoms with Crippen LogP contribution in [0.5, 0.6) is 0 Å². The van der Waals surface area contributed by atoms with Crippen LogP contribution < -0.4 is 10.2 Å². The summed E-state index contributed by atoms with van der Waals surface area (Å²) in [7, 11) is 1.61. The quantitative estimate of drug-likeness (QED) is 0.860. The van der Waals surface area contributed by atoms with Crippen molar-refractivity contribution in [2.75, 3.05) is 25.0 Å². The average Bonchev–Trinajstić information content (AvgIpc) is 2.35. The molecule has 0 aliphatic rings. The van der Waals surface area contributed by atoms with E-state index in [1.807, 2.05) is 24.0 Å². The fourth-order valence-electron chi connectivity index (χ4n) is 1.66. The van der Waals surface area contributed by atoms with Crippen LogP contribution in [0, 0.1) is 0 Å². The first-order chi connectivity index (χ1) is 8.49. The van der Waals surface area contributed by atoms with E-state index in [0.29, 0.717) is 11.6 Å². The standard InChI is InChI=1S/C13H19ClN2O2/c1-4-16(8-13(18)15-3)12-6-5-10(9(2)17)7-11(12)14/h5-7,9,17H,4,8H2,1-3H3,(H,15,18)/t9-/m1/s1. The van der Waals surface area contributed by atoms with E-state index in [9.17, 15) is 9.90 Å². The Hall–Kier alpha value is -1.26. The highest BCUT2D eigenvalue weighted by atomic mass is 35.5. The molecule has 4 nitrogen and oxygen atoms in total. The Morgan fingerprint density at radius 3 is 2.67 bits per heavy atom. The molecule has 18 heavy (non-hydrogen) atoms. The summed E-state index contributed by atoms with van der Waals surface area (Å²) in [6.07, 6.45) is -0.550. The van der Waals surface area contributed by atoms with Gasteiger partial charge in [-0.2, -0.15) is 0 Å². The van der Waals surface area contributed by atoms with Crippen molar-refractivity contribution in [2.45, 2.75) is 20.0 Å². The number of aliphatic hydroxyl groups excluding tert-OH is 1. The summed E-state index contributed by atoms with van der Waals surface area (Å²) in [6.45, 7) is 4.59. The Labute approximate surface area is 113 Å². The number of hydrogen-bond acceptors (Lipinski definition) is 3. The lowest BCUT2D eigenvalue weighted by atomic mass is 10.1. The zero-order valence-corrected chi connectivity index (χ0v) is 11.7. The third-order valence-electron chi connectivity index (χ3n) is 2.79. The fraction of sp³-hybridized carbons (Fsp3) is 0.462. The molecule has 1 atom stereocenters. The molecule has 0 heterocycles. The SMILES string of the molecule is CCN(CC(=O)NC)c1ccc([C@@H](C)O)cc1Cl. The van der Waals surface area contributed by atoms with Crippen molar-refractivity contribution in [1.82, 2.24) is 5.32 Å². The van der Waals surface area contributed by atoms with Gasteiger partial charge in [0.05, 0.1) is 23.4 Å². The number of anilines is 1. The smallest absolute Gasteiger partial charge is 0.239 e. The molecule has 0 saturated carbocycles. The summed E-state index contributed by atoms with van der Waals surface area (Å²) in [6, 6.07) is 5.38. The van der Waals surface area contributed by atoms with Crippen molar-refractivity contribution in [1.29, 1.82) is 0 Å². The molecule has 5 heteroatoms. The molecule has 1 rings (SSSR count). The van der Waals surface area contributed by atoms with Gasteiger partial charge in [-0.15, -0.1) is 0 Å². The Bertz CT molecular complexity index is 421. The summed E-state index contributed by atoms with van der Waals surface area (Å²) < 4.78 is 0. The molecule has 0 aliphatic carbocycles. The molecular weight excluding hydrogens is 252 g/mol. The van der Waals surface area contributed by atoms with Gasteiger partial charge in [0.25, 0.3) is 0 Å². The van der Waals surface area contributed by atoms with Gasteiger partial charge in [-0.05, 0) is 31.5 Å². The van der Waals surface area contributed by atoms with Gasteiger partial charge in [-0.25, -0.2) is 0 Å². The van der Waals surface area contributed by atoms with E-state index in [-0.39, 0.29) is 12.5 Å². The van der Waals surface area contributed by atoms with Crippen molar-refractivity contribution in [3.05, 3.63) is 28.8 Å². The Morgan fingerprint density at radius 1 is 1.56 bits per heavy atom. The Kier molecular flexibility index (Phi) is 5.44. The number of benzene rings is 1. The fourth-order valence-corrected chi connectivity index (χ4v) is 1.97. The van der Waals surface area contributed by atoms with Crippen LogP contribution in [-0.2, 0) is 4.79 Å². The molecule has 0 spiro atoms. The second-order valence-electron chi connectivity index (χ2n) is 4.07. The second kappa shape index (κ2) is 6.61. The highest BCUT2D eigenvalue weighted by molar-refractivity contribution is 6.33. The van der Waals surface area contributed by atoms with Gasteiger partial charge in [0, 0.05) is 13.6 Å². The van der Waals surface area contributed by atoms with Crippen molar-refractivity contribution in [2.24, 2.45) is 0 Å². The van der Waals surface area contributed by atoms with Crippen LogP contribution >= 0.6 is 11.6 Å². The number of hydrogen-bond donors (Lipinski definition) is 2. The van der Waals surface area contributed by atoms with Crippen LogP contribution in [0.3, 0.4) is 0 Å². The molecule has 0 aromatic heterocycles. The number of carbonyl (C=O) groups is 1. The number of aliphatic hydroxyl groups is 1. The zero-order chi connectivity index (χ0) is 13.7. The molecule has 1 amide bonds. The van der Waals surface area contributed by atoms with E-state index in [1.165, 1.54) is 0 Å². The van der Waals surface area contributed by atoms with E-state index in [2.05, 4.69) is 5.32 Å². The highest BCUT2D eigenvalue weighted by Gasteiger charge is 2.13. The topological polar surface area (TPSA) is 52.6 Å². The minimum absolute atomic E-state index is 0.0625. The molecule has 0 unspecified atom stereocenters. The van der Waals surface area contributed by atoms with Crippen LogP contribution in [0.4, 0.5) is 5.69 Å². The largest absolute Gasteiger partial charge is 0.389 e. The highest BCUT2D eigenvalue weighted by Crippen LogP contribution is 2.28. The lowest BCUT2D eigenvalue weighted by molar-refractivity contribution is -0.119. The molecule has 0 radical (unpaired) electrons. The number of likely N-dealkylation sites (N-methyl/N-ethyl adjacent to an activating group) is 2. The maximum atomic E-state index is 11.4. The van der Waals surface area contributed by atoms with Crippen molar-refractivity contribution in [3.63, 3.8) is 0 Å². The first-order valence-electron chi connectivity index (χ1n) is 5.92. The van der Waals surface area contributed by atoms with E-state index >= 15 is 0 Å². The third kappa shape index (κ3) is 3.62. The number of carbonyl (C=O) groups excluding carboxylic acids is 1. The van der Waals surface area contributed by atoms with Gasteiger partial charge in [-0.3, -0.25) is 4.79 Å². The van der Waals surface area contributed by atoms with Gasteiger partial charge in [0.15, 0.2) is 0 Å². The summed E-state index contributed by atoms with van der Waals surface area (Å²) in [4.78, 5) is 13.3. The molecule has 100 valence electrons. The zero-order valence-electron chi connectivity index (χ0n) is 10.9. The van der Waals surface area contributed by atoms with Gasteiger partial charge in [0.1, 0.15) is 0 Å². The molecule has 1 aromatic carbocycles. The Balaban J connectivity index is 2.96. The van der Waals surface area contributed by atoms with E-state index in [0.717, 1.165) is 11.3 Å². The predicted octanol–water partition coefficient (Wildman–Crippen LogP) is 1.97. The van der Waals surface area contributed by atoms with E-state index < -0.39 is 6.10 Å². The van der Waals surface area contributed by atoms with Crippen molar-refractivity contribution >= 4 is 23.2 Å². The van der Waals surface area contributed by atoms with Crippen LogP contribution in [0.2, 0.25) is 5.02 Å². The average molecular weight is 271 g/mol. The summed E-state index contributed by atoms with van der Waals surface area (Å²) >= 11 is 6.19. The summed E-state index contributed by atoms with van der Waals surface area (Å²) in [5.41, 5.74) is 1.56. The second-order valence-corrected chi connectivity index (χ2v) is 4.48.